The molecule has 1 aliphatic rings. The first kappa shape index (κ1) is 20.5. The van der Waals surface area contributed by atoms with Crippen molar-refractivity contribution in [2.45, 2.75) is 51.1 Å². The van der Waals surface area contributed by atoms with Crippen molar-refractivity contribution in [1.82, 2.24) is 9.55 Å². The quantitative estimate of drug-likeness (QED) is 0.477. The summed E-state index contributed by atoms with van der Waals surface area (Å²) in [6.07, 6.45) is 5.44. The van der Waals surface area contributed by atoms with Crippen LogP contribution in [-0.2, 0) is 24.2 Å². The molecule has 0 fully saturated rings. The maximum Gasteiger partial charge on any atom is 0.349 e. The highest BCUT2D eigenvalue weighted by molar-refractivity contribution is 8.00. The fraction of sp³-hybridized carbons (Fsp3) is 0.348. The molecule has 6 nitrogen and oxygen atoms in total. The Labute approximate surface area is 179 Å². The van der Waals surface area contributed by atoms with Crippen molar-refractivity contribution in [2.75, 3.05) is 11.1 Å². The number of aromatic nitrogens is 2. The van der Waals surface area contributed by atoms with E-state index in [2.05, 4.69) is 16.4 Å². The van der Waals surface area contributed by atoms with Gasteiger partial charge in [0.2, 0.25) is 5.91 Å². The largest absolute Gasteiger partial charge is 0.467 e. The van der Waals surface area contributed by atoms with Crippen LogP contribution in [0.2, 0.25) is 0 Å². The molecule has 3 aromatic rings. The van der Waals surface area contributed by atoms with E-state index >= 15 is 0 Å². The summed E-state index contributed by atoms with van der Waals surface area (Å²) in [5, 5.41) is 3.63. The van der Waals surface area contributed by atoms with Crippen LogP contribution in [-0.4, -0.2) is 21.2 Å². The van der Waals surface area contributed by atoms with Gasteiger partial charge in [0.15, 0.2) is 0 Å². The Bertz CT molecular complexity index is 1100. The number of thioether (sulfide) groups is 1. The molecule has 0 radical (unpaired) electrons. The number of nitrogens with zero attached hydrogens (tertiary/aromatic N) is 2. The number of carbonyl (C=O) groups is 1. The minimum absolute atomic E-state index is 0.101. The van der Waals surface area contributed by atoms with E-state index in [4.69, 9.17) is 4.42 Å². The molecule has 0 spiro atoms. The molecule has 1 amide bonds. The molecule has 156 valence electrons. The molecule has 2 heterocycles. The zero-order chi connectivity index (χ0) is 21.1. The van der Waals surface area contributed by atoms with Gasteiger partial charge < -0.3 is 9.73 Å². The van der Waals surface area contributed by atoms with Crippen molar-refractivity contribution in [1.29, 1.82) is 0 Å². The molecule has 1 N–H and O–H groups in total. The smallest absolute Gasteiger partial charge is 0.349 e. The molecular weight excluding hydrogens is 398 g/mol. The van der Waals surface area contributed by atoms with Crippen LogP contribution < -0.4 is 11.0 Å². The fourth-order valence-corrected chi connectivity index (χ4v) is 4.84. The van der Waals surface area contributed by atoms with E-state index in [1.807, 2.05) is 38.1 Å². The van der Waals surface area contributed by atoms with Gasteiger partial charge in [0, 0.05) is 16.9 Å². The minimum atomic E-state index is -0.288. The molecule has 2 aromatic heterocycles. The molecule has 1 aromatic carbocycles. The Balaban J connectivity index is 1.52. The van der Waals surface area contributed by atoms with Gasteiger partial charge >= 0.3 is 5.69 Å². The number of hydrogen-bond acceptors (Lipinski definition) is 5. The Hall–Kier alpha value is -2.80. The van der Waals surface area contributed by atoms with E-state index in [-0.39, 0.29) is 17.3 Å². The van der Waals surface area contributed by atoms with Gasteiger partial charge in [-0.1, -0.05) is 17.8 Å². The molecule has 4 rings (SSSR count). The third-order valence-electron chi connectivity index (χ3n) is 5.19. The molecule has 0 saturated carbocycles. The average molecular weight is 424 g/mol. The van der Waals surface area contributed by atoms with Crippen LogP contribution in [0.25, 0.3) is 0 Å². The summed E-state index contributed by atoms with van der Waals surface area (Å²) in [5.74, 6) is 0.852. The van der Waals surface area contributed by atoms with Crippen LogP contribution >= 0.6 is 11.8 Å². The summed E-state index contributed by atoms with van der Waals surface area (Å²) >= 11 is 1.34. The minimum Gasteiger partial charge on any atom is -0.467 e. The number of amides is 1. The number of benzene rings is 1. The van der Waals surface area contributed by atoms with Crippen molar-refractivity contribution in [3.63, 3.8) is 0 Å². The SMILES string of the molecule is Cc1cc(C)cc(NC(=O)CSc2nc(=O)n(Cc3ccco3)c3c2CCCC3)c1. The van der Waals surface area contributed by atoms with Gasteiger partial charge in [0.1, 0.15) is 10.8 Å². The molecular formula is C23H25N3O3S. The predicted molar refractivity (Wildman–Crippen MR) is 118 cm³/mol. The summed E-state index contributed by atoms with van der Waals surface area (Å²) in [4.78, 5) is 29.6. The van der Waals surface area contributed by atoms with Gasteiger partial charge in [-0.25, -0.2) is 4.79 Å². The standard InChI is InChI=1S/C23H25N3O3S/c1-15-10-16(2)12-17(11-15)24-21(27)14-30-22-19-7-3-4-8-20(19)26(23(28)25-22)13-18-6-5-9-29-18/h5-6,9-12H,3-4,7-8,13-14H2,1-2H3,(H,24,27). The first-order valence-corrected chi connectivity index (χ1v) is 11.1. The van der Waals surface area contributed by atoms with Crippen molar-refractivity contribution in [3.05, 3.63) is 75.2 Å². The number of aryl methyl sites for hydroxylation is 2. The number of rotatable bonds is 6. The summed E-state index contributed by atoms with van der Waals surface area (Å²) in [7, 11) is 0. The zero-order valence-corrected chi connectivity index (χ0v) is 18.1. The van der Waals surface area contributed by atoms with Gasteiger partial charge in [-0.3, -0.25) is 9.36 Å². The monoisotopic (exact) mass is 423 g/mol. The van der Waals surface area contributed by atoms with Gasteiger partial charge in [-0.2, -0.15) is 4.98 Å². The van der Waals surface area contributed by atoms with Crippen molar-refractivity contribution in [2.24, 2.45) is 0 Å². The number of furan rings is 1. The Morgan fingerprint density at radius 1 is 1.20 bits per heavy atom. The van der Waals surface area contributed by atoms with Gasteiger partial charge in [0.25, 0.3) is 0 Å². The van der Waals surface area contributed by atoms with Crippen LogP contribution in [0.5, 0.6) is 0 Å². The van der Waals surface area contributed by atoms with Crippen LogP contribution in [0, 0.1) is 13.8 Å². The van der Waals surface area contributed by atoms with E-state index in [1.165, 1.54) is 11.8 Å². The molecule has 0 aliphatic heterocycles. The van der Waals surface area contributed by atoms with Gasteiger partial charge in [0.05, 0.1) is 18.6 Å². The second kappa shape index (κ2) is 8.92. The molecule has 1 aliphatic carbocycles. The van der Waals surface area contributed by atoms with Crippen LogP contribution in [0.1, 0.15) is 41.0 Å². The van der Waals surface area contributed by atoms with E-state index in [0.29, 0.717) is 11.6 Å². The Kier molecular flexibility index (Phi) is 6.08. The second-order valence-corrected chi connectivity index (χ2v) is 8.67. The fourth-order valence-electron chi connectivity index (χ4n) is 3.97. The molecule has 30 heavy (non-hydrogen) atoms. The summed E-state index contributed by atoms with van der Waals surface area (Å²) in [6.45, 7) is 4.40. The second-order valence-electron chi connectivity index (χ2n) is 7.71. The molecule has 0 saturated heterocycles. The number of anilines is 1. The molecule has 0 atom stereocenters. The molecule has 7 heteroatoms. The third-order valence-corrected chi connectivity index (χ3v) is 6.21. The first-order chi connectivity index (χ1) is 14.5. The topological polar surface area (TPSA) is 77.1 Å². The maximum atomic E-state index is 12.7. The summed E-state index contributed by atoms with van der Waals surface area (Å²) in [5.41, 5.74) is 4.83. The van der Waals surface area contributed by atoms with Crippen molar-refractivity contribution >= 4 is 23.4 Å². The number of fused-ring (bicyclic) bond motifs is 1. The summed E-state index contributed by atoms with van der Waals surface area (Å²) in [6, 6.07) is 9.65. The lowest BCUT2D eigenvalue weighted by Crippen LogP contribution is -2.30. The lowest BCUT2D eigenvalue weighted by atomic mass is 9.97. The van der Waals surface area contributed by atoms with Crippen LogP contribution in [0.15, 0.2) is 50.8 Å². The first-order valence-electron chi connectivity index (χ1n) is 10.2. The van der Waals surface area contributed by atoms with Crippen LogP contribution in [0.3, 0.4) is 0 Å². The van der Waals surface area contributed by atoms with E-state index in [9.17, 15) is 9.59 Å². The summed E-state index contributed by atoms with van der Waals surface area (Å²) < 4.78 is 7.14. The maximum absolute atomic E-state index is 12.7. The Morgan fingerprint density at radius 2 is 1.97 bits per heavy atom. The number of carbonyl (C=O) groups excluding carboxylic acids is 1. The average Bonchev–Trinajstić information content (AvgIpc) is 3.21. The van der Waals surface area contributed by atoms with Crippen LogP contribution in [0.4, 0.5) is 5.69 Å². The number of hydrogen-bond donors (Lipinski definition) is 1. The van der Waals surface area contributed by atoms with E-state index < -0.39 is 0 Å². The highest BCUT2D eigenvalue weighted by atomic mass is 32.2. The van der Waals surface area contributed by atoms with Gasteiger partial charge in [-0.15, -0.1) is 0 Å². The molecule has 0 unspecified atom stereocenters. The lowest BCUT2D eigenvalue weighted by molar-refractivity contribution is -0.113. The number of nitrogens with one attached hydrogen (secondary N) is 1. The zero-order valence-electron chi connectivity index (χ0n) is 17.2. The van der Waals surface area contributed by atoms with E-state index in [0.717, 1.165) is 59.5 Å². The predicted octanol–water partition coefficient (Wildman–Crippen LogP) is 4.11. The normalized spacial score (nSPS) is 13.1. The molecule has 0 bridgehead atoms. The van der Waals surface area contributed by atoms with E-state index in [1.54, 1.807) is 10.8 Å². The van der Waals surface area contributed by atoms with Crippen molar-refractivity contribution < 1.29 is 9.21 Å². The van der Waals surface area contributed by atoms with Gasteiger partial charge in [-0.05, 0) is 74.9 Å². The lowest BCUT2D eigenvalue weighted by Gasteiger charge is -2.22. The van der Waals surface area contributed by atoms with Crippen molar-refractivity contribution in [3.8, 4) is 0 Å². The Morgan fingerprint density at radius 3 is 2.70 bits per heavy atom. The highest BCUT2D eigenvalue weighted by Gasteiger charge is 2.21. The highest BCUT2D eigenvalue weighted by Crippen LogP contribution is 2.29. The third kappa shape index (κ3) is 4.67.